The number of hydrogen-bond donors (Lipinski definition) is 1. The van der Waals surface area contributed by atoms with Gasteiger partial charge in [0.2, 0.25) is 0 Å². The normalized spacial score (nSPS) is 19.0. The number of hydrogen-bond acceptors (Lipinski definition) is 3. The van der Waals surface area contributed by atoms with Crippen LogP contribution in [0.25, 0.3) is 22.2 Å². The summed E-state index contributed by atoms with van der Waals surface area (Å²) >= 11 is 0. The van der Waals surface area contributed by atoms with Crippen LogP contribution >= 0.6 is 0 Å². The van der Waals surface area contributed by atoms with E-state index in [1.54, 1.807) is 0 Å². The molecule has 2 N–H and O–H groups in total. The molecule has 1 aliphatic heterocycles. The largest absolute Gasteiger partial charge is 0.338 e. The predicted molar refractivity (Wildman–Crippen MR) is 114 cm³/mol. The van der Waals surface area contributed by atoms with Gasteiger partial charge in [0.05, 0.1) is 16.8 Å². The molecule has 4 heteroatoms. The Morgan fingerprint density at radius 3 is 2.57 bits per heavy atom. The van der Waals surface area contributed by atoms with Gasteiger partial charge in [0.1, 0.15) is 0 Å². The Kier molecular flexibility index (Phi) is 4.68. The fourth-order valence-corrected chi connectivity index (χ4v) is 3.94. The van der Waals surface area contributed by atoms with Crippen LogP contribution < -0.4 is 5.73 Å². The first-order valence-electron chi connectivity index (χ1n) is 9.87. The van der Waals surface area contributed by atoms with Crippen molar-refractivity contribution >= 4 is 16.8 Å². The molecule has 3 aromatic rings. The second-order valence-corrected chi connectivity index (χ2v) is 8.55. The number of piperidine rings is 1. The number of rotatable bonds is 2. The zero-order valence-electron chi connectivity index (χ0n) is 16.8. The first-order chi connectivity index (χ1) is 13.3. The summed E-state index contributed by atoms with van der Waals surface area (Å²) < 4.78 is 0. The topological polar surface area (TPSA) is 59.2 Å². The third kappa shape index (κ3) is 3.40. The third-order valence-corrected chi connectivity index (χ3v) is 5.89. The minimum absolute atomic E-state index is 0.0620. The molecule has 1 aliphatic rings. The van der Waals surface area contributed by atoms with Gasteiger partial charge in [-0.3, -0.25) is 4.79 Å². The van der Waals surface area contributed by atoms with E-state index in [-0.39, 0.29) is 17.4 Å². The van der Waals surface area contributed by atoms with Crippen molar-refractivity contribution in [2.45, 2.75) is 33.2 Å². The van der Waals surface area contributed by atoms with Crippen molar-refractivity contribution < 1.29 is 4.79 Å². The number of fused-ring (bicyclic) bond motifs is 1. The molecule has 144 valence electrons. The SMILES string of the molecule is Cc1ccc(-c2cc(C(=O)N3CCC(N)C(C)(C)C3)c3ccccc3n2)cc1. The van der Waals surface area contributed by atoms with E-state index in [1.807, 2.05) is 35.2 Å². The van der Waals surface area contributed by atoms with Crippen molar-refractivity contribution in [3.63, 3.8) is 0 Å². The zero-order valence-corrected chi connectivity index (χ0v) is 16.8. The number of carbonyl (C=O) groups excluding carboxylic acids is 1. The summed E-state index contributed by atoms with van der Waals surface area (Å²) in [5, 5.41) is 0.899. The molecular weight excluding hydrogens is 346 g/mol. The highest BCUT2D eigenvalue weighted by atomic mass is 16.2. The van der Waals surface area contributed by atoms with E-state index < -0.39 is 0 Å². The Bertz CT molecular complexity index is 1020. The summed E-state index contributed by atoms with van der Waals surface area (Å²) in [5.74, 6) is 0.0620. The standard InChI is InChI=1S/C24H27N3O/c1-16-8-10-17(11-9-16)21-14-19(18-6-4-5-7-20(18)26-21)23(28)27-13-12-22(25)24(2,3)15-27/h4-11,14,22H,12-13,15,25H2,1-3H3. The monoisotopic (exact) mass is 373 g/mol. The van der Waals surface area contributed by atoms with Crippen molar-refractivity contribution in [3.8, 4) is 11.3 Å². The highest BCUT2D eigenvalue weighted by Crippen LogP contribution is 2.31. The lowest BCUT2D eigenvalue weighted by Gasteiger charge is -2.42. The van der Waals surface area contributed by atoms with Crippen LogP contribution in [0.2, 0.25) is 0 Å². The van der Waals surface area contributed by atoms with Crippen molar-refractivity contribution in [2.75, 3.05) is 13.1 Å². The van der Waals surface area contributed by atoms with E-state index >= 15 is 0 Å². The smallest absolute Gasteiger partial charge is 0.254 e. The van der Waals surface area contributed by atoms with Crippen molar-refractivity contribution in [1.29, 1.82) is 0 Å². The first kappa shape index (κ1) is 18.6. The maximum absolute atomic E-state index is 13.5. The van der Waals surface area contributed by atoms with Gasteiger partial charge >= 0.3 is 0 Å². The number of likely N-dealkylation sites (tertiary alicyclic amines) is 1. The molecule has 4 rings (SSSR count). The molecule has 0 saturated carbocycles. The maximum Gasteiger partial charge on any atom is 0.254 e. The van der Waals surface area contributed by atoms with Crippen LogP contribution in [-0.4, -0.2) is 34.9 Å². The van der Waals surface area contributed by atoms with Gasteiger partial charge in [-0.15, -0.1) is 0 Å². The van der Waals surface area contributed by atoms with Crippen LogP contribution in [0.1, 0.15) is 36.2 Å². The number of carbonyl (C=O) groups is 1. The molecule has 0 spiro atoms. The molecule has 1 fully saturated rings. The number of aryl methyl sites for hydroxylation is 1. The molecule has 1 unspecified atom stereocenters. The lowest BCUT2D eigenvalue weighted by Crippen LogP contribution is -2.54. The van der Waals surface area contributed by atoms with E-state index in [1.165, 1.54) is 5.56 Å². The van der Waals surface area contributed by atoms with Gasteiger partial charge in [0.25, 0.3) is 5.91 Å². The molecule has 2 heterocycles. The zero-order chi connectivity index (χ0) is 19.9. The van der Waals surface area contributed by atoms with Crippen LogP contribution in [0.5, 0.6) is 0 Å². The summed E-state index contributed by atoms with van der Waals surface area (Å²) in [5.41, 5.74) is 10.8. The van der Waals surface area contributed by atoms with Gasteiger partial charge in [0, 0.05) is 30.1 Å². The van der Waals surface area contributed by atoms with E-state index in [9.17, 15) is 4.79 Å². The molecule has 0 bridgehead atoms. The molecule has 0 radical (unpaired) electrons. The lowest BCUT2D eigenvalue weighted by atomic mass is 9.79. The second kappa shape index (κ2) is 7.02. The first-order valence-corrected chi connectivity index (χ1v) is 9.87. The maximum atomic E-state index is 13.5. The molecule has 1 aromatic heterocycles. The van der Waals surface area contributed by atoms with E-state index in [2.05, 4.69) is 45.0 Å². The van der Waals surface area contributed by atoms with Crippen molar-refractivity contribution in [3.05, 3.63) is 65.7 Å². The summed E-state index contributed by atoms with van der Waals surface area (Å²) in [4.78, 5) is 20.3. The van der Waals surface area contributed by atoms with Gasteiger partial charge in [-0.2, -0.15) is 0 Å². The highest BCUT2D eigenvalue weighted by molar-refractivity contribution is 6.07. The molecule has 28 heavy (non-hydrogen) atoms. The average molecular weight is 374 g/mol. The molecule has 1 atom stereocenters. The number of pyridine rings is 1. The summed E-state index contributed by atoms with van der Waals surface area (Å²) in [6.07, 6.45) is 0.826. The van der Waals surface area contributed by atoms with Gasteiger partial charge in [-0.05, 0) is 30.9 Å². The van der Waals surface area contributed by atoms with Crippen LogP contribution in [-0.2, 0) is 0 Å². The van der Waals surface area contributed by atoms with Crippen LogP contribution in [0.15, 0.2) is 54.6 Å². The Labute approximate surface area is 166 Å². The summed E-state index contributed by atoms with van der Waals surface area (Å²) in [7, 11) is 0. The van der Waals surface area contributed by atoms with Crippen molar-refractivity contribution in [2.24, 2.45) is 11.1 Å². The molecule has 2 aromatic carbocycles. The molecule has 1 amide bonds. The average Bonchev–Trinajstić information content (AvgIpc) is 2.69. The summed E-state index contributed by atoms with van der Waals surface area (Å²) in [6.45, 7) is 7.71. The summed E-state index contributed by atoms with van der Waals surface area (Å²) in [6, 6.07) is 18.2. The number of aromatic nitrogens is 1. The van der Waals surface area contributed by atoms with Crippen LogP contribution in [0, 0.1) is 12.3 Å². The predicted octanol–water partition coefficient (Wildman–Crippen LogP) is 4.41. The third-order valence-electron chi connectivity index (χ3n) is 5.89. The fourth-order valence-electron chi connectivity index (χ4n) is 3.94. The minimum atomic E-state index is -0.0868. The van der Waals surface area contributed by atoms with E-state index in [0.29, 0.717) is 18.7 Å². The van der Waals surface area contributed by atoms with Gasteiger partial charge < -0.3 is 10.6 Å². The Morgan fingerprint density at radius 1 is 1.14 bits per heavy atom. The van der Waals surface area contributed by atoms with Crippen LogP contribution in [0.3, 0.4) is 0 Å². The number of nitrogens with two attached hydrogens (primary N) is 1. The van der Waals surface area contributed by atoms with E-state index in [4.69, 9.17) is 10.7 Å². The lowest BCUT2D eigenvalue weighted by molar-refractivity contribution is 0.0535. The fraction of sp³-hybridized carbons (Fsp3) is 0.333. The van der Waals surface area contributed by atoms with Crippen molar-refractivity contribution in [1.82, 2.24) is 9.88 Å². The highest BCUT2D eigenvalue weighted by Gasteiger charge is 2.36. The quantitative estimate of drug-likeness (QED) is 0.724. The molecule has 1 saturated heterocycles. The molecule has 4 nitrogen and oxygen atoms in total. The molecule has 0 aliphatic carbocycles. The number of benzene rings is 2. The Hall–Kier alpha value is -2.72. The molecular formula is C24H27N3O. The second-order valence-electron chi connectivity index (χ2n) is 8.55. The van der Waals surface area contributed by atoms with Gasteiger partial charge in [-0.25, -0.2) is 4.98 Å². The van der Waals surface area contributed by atoms with E-state index in [0.717, 1.165) is 28.6 Å². The van der Waals surface area contributed by atoms with Gasteiger partial charge in [0.15, 0.2) is 0 Å². The number of para-hydroxylation sites is 1. The Morgan fingerprint density at radius 2 is 1.86 bits per heavy atom. The Balaban J connectivity index is 1.79. The number of nitrogens with zero attached hydrogens (tertiary/aromatic N) is 2. The minimum Gasteiger partial charge on any atom is -0.338 e. The van der Waals surface area contributed by atoms with Gasteiger partial charge in [-0.1, -0.05) is 61.9 Å². The van der Waals surface area contributed by atoms with Crippen LogP contribution in [0.4, 0.5) is 0 Å². The number of amides is 1.